The molecule has 1 heterocycles. The summed E-state index contributed by atoms with van der Waals surface area (Å²) in [6, 6.07) is 6.28. The third-order valence-corrected chi connectivity index (χ3v) is 2.08. The van der Waals surface area contributed by atoms with Gasteiger partial charge in [-0.3, -0.25) is 10.1 Å². The van der Waals surface area contributed by atoms with Crippen LogP contribution in [0.3, 0.4) is 0 Å². The van der Waals surface area contributed by atoms with Crippen LogP contribution in [-0.2, 0) is 0 Å². The first kappa shape index (κ1) is 10.0. The van der Waals surface area contributed by atoms with Gasteiger partial charge in [-0.25, -0.2) is 9.78 Å². The van der Waals surface area contributed by atoms with Crippen molar-refractivity contribution in [3.63, 3.8) is 0 Å². The lowest BCUT2D eigenvalue weighted by Gasteiger charge is -2.00. The van der Waals surface area contributed by atoms with Crippen LogP contribution in [0.15, 0.2) is 41.5 Å². The summed E-state index contributed by atoms with van der Waals surface area (Å²) in [6.07, 6.45) is 2.71. The predicted octanol–water partition coefficient (Wildman–Crippen LogP) is 1.35. The van der Waals surface area contributed by atoms with Crippen LogP contribution in [0.5, 0.6) is 0 Å². The lowest BCUT2D eigenvalue weighted by atomic mass is 10.1. The van der Waals surface area contributed by atoms with Crippen LogP contribution in [0.25, 0.3) is 11.1 Å². The molecule has 0 amide bonds. The van der Waals surface area contributed by atoms with Gasteiger partial charge < -0.3 is 4.98 Å². The zero-order valence-corrected chi connectivity index (χ0v) is 8.08. The molecule has 1 aromatic carbocycles. The van der Waals surface area contributed by atoms with Gasteiger partial charge >= 0.3 is 5.69 Å². The van der Waals surface area contributed by atoms with Crippen molar-refractivity contribution in [3.05, 3.63) is 57.3 Å². The van der Waals surface area contributed by atoms with Gasteiger partial charge in [0, 0.05) is 24.0 Å². The number of para-hydroxylation sites is 1. The molecule has 2 rings (SSSR count). The van der Waals surface area contributed by atoms with E-state index in [0.29, 0.717) is 11.1 Å². The molecular weight excluding hydrogens is 210 g/mol. The molecule has 0 aliphatic rings. The van der Waals surface area contributed by atoms with Crippen LogP contribution in [0.4, 0.5) is 5.69 Å². The number of nitrogens with zero attached hydrogens (tertiary/aromatic N) is 2. The molecule has 0 aliphatic carbocycles. The molecule has 1 aromatic heterocycles. The number of rotatable bonds is 2. The number of benzene rings is 1. The molecule has 0 aliphatic heterocycles. The third kappa shape index (κ3) is 1.81. The monoisotopic (exact) mass is 217 g/mol. The van der Waals surface area contributed by atoms with Gasteiger partial charge in [-0.15, -0.1) is 0 Å². The Morgan fingerprint density at radius 1 is 1.31 bits per heavy atom. The Morgan fingerprint density at radius 3 is 2.69 bits per heavy atom. The minimum absolute atomic E-state index is 0.0173. The second-order valence-corrected chi connectivity index (χ2v) is 3.08. The number of aromatic amines is 1. The zero-order chi connectivity index (χ0) is 11.5. The summed E-state index contributed by atoms with van der Waals surface area (Å²) in [4.78, 5) is 27.0. The van der Waals surface area contributed by atoms with Crippen LogP contribution in [0.2, 0.25) is 0 Å². The Bertz CT molecular complexity index is 571. The van der Waals surface area contributed by atoms with Crippen molar-refractivity contribution in [1.29, 1.82) is 0 Å². The summed E-state index contributed by atoms with van der Waals surface area (Å²) >= 11 is 0. The lowest BCUT2D eigenvalue weighted by molar-refractivity contribution is -0.384. The second-order valence-electron chi connectivity index (χ2n) is 3.08. The van der Waals surface area contributed by atoms with Gasteiger partial charge in [0.25, 0.3) is 5.69 Å². The van der Waals surface area contributed by atoms with Crippen molar-refractivity contribution in [3.8, 4) is 11.1 Å². The van der Waals surface area contributed by atoms with Crippen LogP contribution in [-0.4, -0.2) is 14.9 Å². The van der Waals surface area contributed by atoms with Crippen LogP contribution < -0.4 is 5.69 Å². The van der Waals surface area contributed by atoms with Crippen molar-refractivity contribution in [1.82, 2.24) is 9.97 Å². The maximum Gasteiger partial charge on any atom is 0.344 e. The number of nitro groups is 1. The number of hydrogen-bond acceptors (Lipinski definition) is 4. The van der Waals surface area contributed by atoms with E-state index in [1.807, 2.05) is 0 Å². The molecule has 2 aromatic rings. The van der Waals surface area contributed by atoms with Gasteiger partial charge in [-0.1, -0.05) is 12.1 Å². The largest absolute Gasteiger partial charge is 0.344 e. The molecule has 6 nitrogen and oxygen atoms in total. The number of nitro benzene ring substituents is 1. The molecule has 1 N–H and O–H groups in total. The van der Waals surface area contributed by atoms with Gasteiger partial charge in [0.1, 0.15) is 0 Å². The van der Waals surface area contributed by atoms with E-state index >= 15 is 0 Å². The molecule has 0 spiro atoms. The molecule has 0 radical (unpaired) electrons. The van der Waals surface area contributed by atoms with E-state index in [1.54, 1.807) is 18.2 Å². The summed E-state index contributed by atoms with van der Waals surface area (Å²) in [5.74, 6) is 0. The van der Waals surface area contributed by atoms with Crippen LogP contribution >= 0.6 is 0 Å². The Kier molecular flexibility index (Phi) is 2.47. The maximum absolute atomic E-state index is 10.8. The number of hydrogen-bond donors (Lipinski definition) is 1. The van der Waals surface area contributed by atoms with Gasteiger partial charge in [-0.05, 0) is 6.07 Å². The molecule has 0 unspecified atom stereocenters. The Hall–Kier alpha value is -2.50. The highest BCUT2D eigenvalue weighted by Gasteiger charge is 2.13. The lowest BCUT2D eigenvalue weighted by Crippen LogP contribution is -2.08. The Morgan fingerprint density at radius 2 is 2.06 bits per heavy atom. The molecule has 80 valence electrons. The van der Waals surface area contributed by atoms with E-state index < -0.39 is 10.6 Å². The summed E-state index contributed by atoms with van der Waals surface area (Å²) in [7, 11) is 0. The average molecular weight is 217 g/mol. The van der Waals surface area contributed by atoms with Crippen molar-refractivity contribution >= 4 is 5.69 Å². The highest BCUT2D eigenvalue weighted by atomic mass is 16.6. The smallest absolute Gasteiger partial charge is 0.312 e. The fourth-order valence-electron chi connectivity index (χ4n) is 1.37. The van der Waals surface area contributed by atoms with E-state index in [-0.39, 0.29) is 5.69 Å². The summed E-state index contributed by atoms with van der Waals surface area (Å²) in [5.41, 5.74) is 0.432. The molecule has 0 atom stereocenters. The van der Waals surface area contributed by atoms with Crippen molar-refractivity contribution in [2.45, 2.75) is 0 Å². The predicted molar refractivity (Wildman–Crippen MR) is 56.9 cm³/mol. The zero-order valence-electron chi connectivity index (χ0n) is 8.08. The Labute approximate surface area is 89.7 Å². The minimum atomic E-state index is -0.484. The Balaban J connectivity index is 2.59. The number of nitrogens with one attached hydrogen (secondary N) is 1. The van der Waals surface area contributed by atoms with Gasteiger partial charge in [0.15, 0.2) is 0 Å². The van der Waals surface area contributed by atoms with Crippen molar-refractivity contribution in [2.24, 2.45) is 0 Å². The maximum atomic E-state index is 10.8. The number of H-pyrrole nitrogens is 1. The summed E-state index contributed by atoms with van der Waals surface area (Å²) in [6.45, 7) is 0. The highest BCUT2D eigenvalue weighted by Crippen LogP contribution is 2.27. The van der Waals surface area contributed by atoms with Crippen molar-refractivity contribution < 1.29 is 4.92 Å². The summed E-state index contributed by atoms with van der Waals surface area (Å²) < 4.78 is 0. The second kappa shape index (κ2) is 3.93. The topological polar surface area (TPSA) is 88.9 Å². The first-order valence-corrected chi connectivity index (χ1v) is 4.47. The normalized spacial score (nSPS) is 10.0. The molecule has 0 saturated carbocycles. The van der Waals surface area contributed by atoms with Crippen molar-refractivity contribution in [2.75, 3.05) is 0 Å². The molecule has 16 heavy (non-hydrogen) atoms. The average Bonchev–Trinajstić information content (AvgIpc) is 2.30. The summed E-state index contributed by atoms with van der Waals surface area (Å²) in [5, 5.41) is 10.8. The minimum Gasteiger partial charge on any atom is -0.312 e. The van der Waals surface area contributed by atoms with Gasteiger partial charge in [0.05, 0.1) is 10.5 Å². The molecule has 0 saturated heterocycles. The fraction of sp³-hybridized carbons (Fsp3) is 0. The van der Waals surface area contributed by atoms with E-state index in [2.05, 4.69) is 9.97 Å². The molecule has 0 bridgehead atoms. The molecule has 0 fully saturated rings. The van der Waals surface area contributed by atoms with E-state index in [0.717, 1.165) is 0 Å². The van der Waals surface area contributed by atoms with E-state index in [1.165, 1.54) is 18.5 Å². The van der Waals surface area contributed by atoms with Gasteiger partial charge in [-0.2, -0.15) is 0 Å². The molecule has 6 heteroatoms. The quantitative estimate of drug-likeness (QED) is 0.607. The third-order valence-electron chi connectivity index (χ3n) is 2.08. The molecular formula is C10H7N3O3. The van der Waals surface area contributed by atoms with E-state index in [9.17, 15) is 14.9 Å². The SMILES string of the molecule is O=c1ncc(-c2ccccc2[N+](=O)[O-])c[nH]1. The number of aromatic nitrogens is 2. The first-order valence-electron chi connectivity index (χ1n) is 4.47. The standard InChI is InChI=1S/C10H7N3O3/c14-10-11-5-7(6-12-10)8-3-1-2-4-9(8)13(15)16/h1-6H,(H,11,12,14). The van der Waals surface area contributed by atoms with E-state index in [4.69, 9.17) is 0 Å². The van der Waals surface area contributed by atoms with Gasteiger partial charge in [0.2, 0.25) is 0 Å². The van der Waals surface area contributed by atoms with Crippen LogP contribution in [0.1, 0.15) is 0 Å². The fourth-order valence-corrected chi connectivity index (χ4v) is 1.37. The highest BCUT2D eigenvalue weighted by molar-refractivity contribution is 5.71. The first-order chi connectivity index (χ1) is 7.68. The van der Waals surface area contributed by atoms with Crippen LogP contribution in [0, 0.1) is 10.1 Å².